The molecule has 0 unspecified atom stereocenters. The Morgan fingerprint density at radius 2 is 1.86 bits per heavy atom. The Morgan fingerprint density at radius 3 is 2.52 bits per heavy atom. The van der Waals surface area contributed by atoms with Crippen LogP contribution in [0.5, 0.6) is 0 Å². The van der Waals surface area contributed by atoms with Crippen LogP contribution < -0.4 is 4.90 Å². The predicted molar refractivity (Wildman–Crippen MR) is 164 cm³/mol. The second-order valence-corrected chi connectivity index (χ2v) is 11.4. The first kappa shape index (κ1) is 31.6. The lowest BCUT2D eigenvalue weighted by Crippen LogP contribution is -2.48. The van der Waals surface area contributed by atoms with Gasteiger partial charge in [0.15, 0.2) is 11.3 Å². The molecule has 1 amide bonds. The largest absolute Gasteiger partial charge is 0.466 e. The van der Waals surface area contributed by atoms with Crippen LogP contribution in [-0.2, 0) is 14.3 Å². The highest BCUT2D eigenvalue weighted by Gasteiger charge is 2.34. The maximum Gasteiger partial charge on any atom is 0.306 e. The number of hydrogen-bond donors (Lipinski definition) is 0. The minimum absolute atomic E-state index is 0.0901. The van der Waals surface area contributed by atoms with Gasteiger partial charge in [0.2, 0.25) is 0 Å². The van der Waals surface area contributed by atoms with Crippen LogP contribution in [0.2, 0.25) is 10.0 Å². The predicted octanol–water partition coefficient (Wildman–Crippen LogP) is 6.49. The van der Waals surface area contributed by atoms with Gasteiger partial charge in [-0.05, 0) is 49.9 Å². The maximum absolute atomic E-state index is 14.5. The monoisotopic (exact) mass is 645 g/mol. The van der Waals surface area contributed by atoms with Crippen molar-refractivity contribution in [3.63, 3.8) is 0 Å². The molecule has 0 aliphatic carbocycles. The van der Waals surface area contributed by atoms with E-state index in [4.69, 9.17) is 32.7 Å². The lowest BCUT2D eigenvalue weighted by molar-refractivity contribution is -0.146. The molecular formula is C31H31Cl2F2N5O4. The number of likely N-dealkylation sites (tertiary alicyclic amines) is 1. The molecule has 0 saturated carbocycles. The molecule has 232 valence electrons. The molecule has 2 atom stereocenters. The van der Waals surface area contributed by atoms with Gasteiger partial charge in [0.05, 0.1) is 35.5 Å². The van der Waals surface area contributed by atoms with Crippen LogP contribution in [0.4, 0.5) is 20.3 Å². The number of piperidine rings is 1. The number of rotatable bonds is 8. The number of carbonyl (C=O) groups excluding carboxylic acids is 2. The molecule has 1 aliphatic rings. The van der Waals surface area contributed by atoms with E-state index in [9.17, 15) is 18.4 Å². The van der Waals surface area contributed by atoms with Gasteiger partial charge in [0.1, 0.15) is 22.5 Å². The standard InChI is InChI=1S/C31H31Cl2F2N5O4/c1-5-44-28(41)13-18-9-10-39(16-25(18)43-4)31(42)24-14-26-36-23(19-11-21(34)29(33)22(35)12-19)15-27(40(26)37-24)38(3)30-17(2)7-6-8-20(30)32/h6-8,11-12,14-15,18,25H,5,9-10,13,16H2,1-4H3/t18-,25-/m0/s1. The summed E-state index contributed by atoms with van der Waals surface area (Å²) in [6.45, 7) is 4.61. The van der Waals surface area contributed by atoms with Crippen LogP contribution in [-0.4, -0.2) is 71.3 Å². The van der Waals surface area contributed by atoms with Crippen LogP contribution in [0.25, 0.3) is 16.9 Å². The number of halogens is 4. The summed E-state index contributed by atoms with van der Waals surface area (Å²) in [4.78, 5) is 33.8. The zero-order valence-electron chi connectivity index (χ0n) is 24.6. The number of methoxy groups -OCH3 is 1. The normalized spacial score (nSPS) is 16.8. The van der Waals surface area contributed by atoms with Gasteiger partial charge in [-0.1, -0.05) is 35.3 Å². The fraction of sp³-hybridized carbons (Fsp3) is 0.355. The van der Waals surface area contributed by atoms with E-state index >= 15 is 0 Å². The van der Waals surface area contributed by atoms with E-state index in [0.717, 1.165) is 17.7 Å². The molecular weight excluding hydrogens is 615 g/mol. The quantitative estimate of drug-likeness (QED) is 0.160. The smallest absolute Gasteiger partial charge is 0.306 e. The lowest BCUT2D eigenvalue weighted by atomic mass is 9.90. The van der Waals surface area contributed by atoms with Crippen molar-refractivity contribution in [2.75, 3.05) is 38.8 Å². The molecule has 1 fully saturated rings. The average Bonchev–Trinajstić information content (AvgIpc) is 3.43. The summed E-state index contributed by atoms with van der Waals surface area (Å²) in [5, 5.41) is 4.47. The van der Waals surface area contributed by atoms with E-state index in [1.807, 2.05) is 19.1 Å². The van der Waals surface area contributed by atoms with E-state index < -0.39 is 16.7 Å². The number of aryl methyl sites for hydroxylation is 1. The second-order valence-electron chi connectivity index (χ2n) is 10.6. The summed E-state index contributed by atoms with van der Waals surface area (Å²) in [7, 11) is 3.32. The van der Waals surface area contributed by atoms with Gasteiger partial charge in [-0.2, -0.15) is 9.61 Å². The first-order valence-electron chi connectivity index (χ1n) is 14.0. The number of esters is 1. The van der Waals surface area contributed by atoms with Gasteiger partial charge in [0, 0.05) is 44.9 Å². The Labute approximate surface area is 263 Å². The maximum atomic E-state index is 14.5. The summed E-state index contributed by atoms with van der Waals surface area (Å²) in [5.41, 5.74) is 2.32. The van der Waals surface area contributed by atoms with Crippen LogP contribution in [0.15, 0.2) is 42.5 Å². The van der Waals surface area contributed by atoms with Crippen molar-refractivity contribution in [1.29, 1.82) is 0 Å². The Balaban J connectivity index is 1.55. The molecule has 5 rings (SSSR count). The van der Waals surface area contributed by atoms with Crippen molar-refractivity contribution >= 4 is 52.2 Å². The number of aromatic nitrogens is 3. The fourth-order valence-corrected chi connectivity index (χ4v) is 6.02. The van der Waals surface area contributed by atoms with Crippen molar-refractivity contribution in [2.45, 2.75) is 32.8 Å². The van der Waals surface area contributed by atoms with E-state index in [-0.39, 0.29) is 59.5 Å². The molecule has 0 bridgehead atoms. The topological polar surface area (TPSA) is 89.3 Å². The number of nitrogens with zero attached hydrogens (tertiary/aromatic N) is 5. The number of para-hydroxylation sites is 1. The van der Waals surface area contributed by atoms with E-state index in [1.165, 1.54) is 10.6 Å². The SMILES string of the molecule is CCOC(=O)C[C@@H]1CCN(C(=O)c2cc3nc(-c4cc(F)c(Cl)c(F)c4)cc(N(C)c4c(C)cccc4Cl)n3n2)C[C@@H]1OC. The minimum atomic E-state index is -0.927. The molecule has 0 radical (unpaired) electrons. The summed E-state index contributed by atoms with van der Waals surface area (Å²) in [5.74, 6) is -2.15. The molecule has 1 saturated heterocycles. The molecule has 0 N–H and O–H groups in total. The Morgan fingerprint density at radius 1 is 1.14 bits per heavy atom. The molecule has 1 aliphatic heterocycles. The molecule has 3 heterocycles. The summed E-state index contributed by atoms with van der Waals surface area (Å²) >= 11 is 12.3. The van der Waals surface area contributed by atoms with Gasteiger partial charge in [0.25, 0.3) is 5.91 Å². The third-order valence-corrected chi connectivity index (χ3v) is 8.46. The number of carbonyl (C=O) groups is 2. The fourth-order valence-electron chi connectivity index (χ4n) is 5.56. The van der Waals surface area contributed by atoms with E-state index in [0.29, 0.717) is 36.1 Å². The lowest BCUT2D eigenvalue weighted by Gasteiger charge is -2.37. The van der Waals surface area contributed by atoms with Crippen molar-refractivity contribution in [3.05, 3.63) is 75.4 Å². The molecule has 0 spiro atoms. The molecule has 9 nitrogen and oxygen atoms in total. The highest BCUT2D eigenvalue weighted by atomic mass is 35.5. The van der Waals surface area contributed by atoms with Crippen LogP contribution >= 0.6 is 23.2 Å². The third-order valence-electron chi connectivity index (χ3n) is 7.79. The average molecular weight is 647 g/mol. The highest BCUT2D eigenvalue weighted by molar-refractivity contribution is 6.33. The number of fused-ring (bicyclic) bond motifs is 1. The molecule has 2 aromatic carbocycles. The molecule has 44 heavy (non-hydrogen) atoms. The Hall–Kier alpha value is -3.80. The number of amides is 1. The van der Waals surface area contributed by atoms with E-state index in [2.05, 4.69) is 10.1 Å². The van der Waals surface area contributed by atoms with Gasteiger partial charge in [-0.3, -0.25) is 9.59 Å². The first-order valence-corrected chi connectivity index (χ1v) is 14.8. The molecule has 2 aromatic heterocycles. The number of anilines is 2. The Bertz CT molecular complexity index is 1690. The first-order chi connectivity index (χ1) is 21.0. The summed E-state index contributed by atoms with van der Waals surface area (Å²) in [6, 6.07) is 10.8. The van der Waals surface area contributed by atoms with Crippen LogP contribution in [0.3, 0.4) is 0 Å². The molecule has 13 heteroatoms. The van der Waals surface area contributed by atoms with Crippen molar-refractivity contribution in [1.82, 2.24) is 19.5 Å². The summed E-state index contributed by atoms with van der Waals surface area (Å²) < 4.78 is 41.1. The van der Waals surface area contributed by atoms with Crippen molar-refractivity contribution in [2.24, 2.45) is 5.92 Å². The number of benzene rings is 2. The van der Waals surface area contributed by atoms with Gasteiger partial charge in [-0.15, -0.1) is 0 Å². The highest BCUT2D eigenvalue weighted by Crippen LogP contribution is 2.36. The number of hydrogen-bond acceptors (Lipinski definition) is 7. The van der Waals surface area contributed by atoms with Gasteiger partial charge < -0.3 is 19.3 Å². The van der Waals surface area contributed by atoms with E-state index in [1.54, 1.807) is 43.0 Å². The van der Waals surface area contributed by atoms with Gasteiger partial charge in [-0.25, -0.2) is 13.8 Å². The van der Waals surface area contributed by atoms with Crippen molar-refractivity contribution in [3.8, 4) is 11.3 Å². The van der Waals surface area contributed by atoms with Crippen molar-refractivity contribution < 1.29 is 27.8 Å². The minimum Gasteiger partial charge on any atom is -0.466 e. The Kier molecular flexibility index (Phi) is 9.38. The zero-order chi connectivity index (χ0) is 31.7. The third kappa shape index (κ3) is 6.22. The van der Waals surface area contributed by atoms with Crippen LogP contribution in [0, 0.1) is 24.5 Å². The van der Waals surface area contributed by atoms with Crippen LogP contribution in [0.1, 0.15) is 35.8 Å². The zero-order valence-corrected chi connectivity index (χ0v) is 26.1. The number of ether oxygens (including phenoxy) is 2. The molecule has 4 aromatic rings. The second kappa shape index (κ2) is 13.1. The summed E-state index contributed by atoms with van der Waals surface area (Å²) in [6.07, 6.45) is 0.392. The van der Waals surface area contributed by atoms with Gasteiger partial charge >= 0.3 is 5.97 Å².